The third-order valence-corrected chi connectivity index (χ3v) is 4.30. The van der Waals surface area contributed by atoms with Gasteiger partial charge in [0.05, 0.1) is 12.2 Å². The Bertz CT molecular complexity index is 895. The van der Waals surface area contributed by atoms with Crippen LogP contribution in [-0.4, -0.2) is 28.4 Å². The van der Waals surface area contributed by atoms with Crippen molar-refractivity contribution in [1.82, 2.24) is 20.0 Å². The summed E-state index contributed by atoms with van der Waals surface area (Å²) in [6, 6.07) is 10.5. The highest BCUT2D eigenvalue weighted by atomic mass is 127. The van der Waals surface area contributed by atoms with Crippen LogP contribution in [0.5, 0.6) is 0 Å². The third kappa shape index (κ3) is 6.46. The van der Waals surface area contributed by atoms with Crippen molar-refractivity contribution < 1.29 is 4.39 Å². The number of hydrogen-bond acceptors (Lipinski definition) is 2. The number of nitrogens with one attached hydrogen (secondary N) is 2. The summed E-state index contributed by atoms with van der Waals surface area (Å²) in [4.78, 5) is 9.16. The molecular formula is C19H22BrFIN5. The van der Waals surface area contributed by atoms with Gasteiger partial charge in [-0.25, -0.2) is 14.4 Å². The fraction of sp³-hybridized carbons (Fsp3) is 0.263. The van der Waals surface area contributed by atoms with Gasteiger partial charge in [-0.05, 0) is 59.1 Å². The minimum atomic E-state index is -0.212. The largest absolute Gasteiger partial charge is 0.357 e. The van der Waals surface area contributed by atoms with E-state index in [2.05, 4.69) is 36.5 Å². The predicted molar refractivity (Wildman–Crippen MR) is 121 cm³/mol. The van der Waals surface area contributed by atoms with Crippen molar-refractivity contribution in [2.75, 3.05) is 13.1 Å². The van der Waals surface area contributed by atoms with E-state index < -0.39 is 0 Å². The van der Waals surface area contributed by atoms with Gasteiger partial charge in [-0.2, -0.15) is 0 Å². The predicted octanol–water partition coefficient (Wildman–Crippen LogP) is 4.15. The van der Waals surface area contributed by atoms with Crippen molar-refractivity contribution in [2.24, 2.45) is 4.99 Å². The van der Waals surface area contributed by atoms with Crippen LogP contribution in [0.1, 0.15) is 18.2 Å². The molecule has 2 N–H and O–H groups in total. The van der Waals surface area contributed by atoms with Crippen LogP contribution in [0.3, 0.4) is 0 Å². The molecule has 0 fully saturated rings. The molecule has 5 nitrogen and oxygen atoms in total. The van der Waals surface area contributed by atoms with Crippen LogP contribution in [0.15, 0.2) is 58.3 Å². The van der Waals surface area contributed by atoms with Gasteiger partial charge < -0.3 is 15.0 Å². The van der Waals surface area contributed by atoms with Crippen molar-refractivity contribution in [3.8, 4) is 0 Å². The van der Waals surface area contributed by atoms with E-state index in [1.54, 1.807) is 12.1 Å². The Kier molecular flexibility index (Phi) is 8.49. The van der Waals surface area contributed by atoms with E-state index >= 15 is 0 Å². The Morgan fingerprint density at radius 1 is 1.15 bits per heavy atom. The number of benzene rings is 1. The summed E-state index contributed by atoms with van der Waals surface area (Å²) in [6.45, 7) is 4.01. The number of pyridine rings is 1. The Morgan fingerprint density at radius 2 is 1.93 bits per heavy atom. The molecule has 0 aliphatic rings. The number of halogens is 3. The van der Waals surface area contributed by atoms with Gasteiger partial charge in [0.15, 0.2) is 5.96 Å². The van der Waals surface area contributed by atoms with E-state index in [-0.39, 0.29) is 29.8 Å². The molecule has 144 valence electrons. The SMILES string of the molecule is CCNC(=NCc1cn2cc(Br)ccc2n1)NCCc1ccc(F)cc1.I. The number of aliphatic imine (C=N–C) groups is 1. The summed E-state index contributed by atoms with van der Waals surface area (Å²) in [5.41, 5.74) is 2.88. The summed E-state index contributed by atoms with van der Waals surface area (Å²) in [6.07, 6.45) is 4.75. The molecular weight excluding hydrogens is 524 g/mol. The molecule has 0 spiro atoms. The number of fused-ring (bicyclic) bond motifs is 1. The van der Waals surface area contributed by atoms with Gasteiger partial charge in [0.2, 0.25) is 0 Å². The van der Waals surface area contributed by atoms with Crippen LogP contribution in [0, 0.1) is 5.82 Å². The van der Waals surface area contributed by atoms with E-state index in [9.17, 15) is 4.39 Å². The molecule has 0 radical (unpaired) electrons. The van der Waals surface area contributed by atoms with Crippen LogP contribution in [0.2, 0.25) is 0 Å². The van der Waals surface area contributed by atoms with Crippen molar-refractivity contribution in [3.05, 3.63) is 70.3 Å². The number of nitrogens with zero attached hydrogens (tertiary/aromatic N) is 3. The van der Waals surface area contributed by atoms with Gasteiger partial charge in [-0.3, -0.25) is 0 Å². The number of rotatable bonds is 6. The highest BCUT2D eigenvalue weighted by Gasteiger charge is 2.03. The zero-order chi connectivity index (χ0) is 18.4. The fourth-order valence-corrected chi connectivity index (χ4v) is 2.92. The Labute approximate surface area is 183 Å². The molecule has 8 heteroatoms. The van der Waals surface area contributed by atoms with Gasteiger partial charge in [-0.1, -0.05) is 12.1 Å². The zero-order valence-corrected chi connectivity index (χ0v) is 18.9. The molecule has 0 aliphatic carbocycles. The molecule has 2 heterocycles. The molecule has 0 aliphatic heterocycles. The van der Waals surface area contributed by atoms with Crippen LogP contribution >= 0.6 is 39.9 Å². The molecule has 27 heavy (non-hydrogen) atoms. The molecule has 3 aromatic rings. The Morgan fingerprint density at radius 3 is 2.67 bits per heavy atom. The molecule has 2 aromatic heterocycles. The first kappa shape index (κ1) is 21.6. The van der Waals surface area contributed by atoms with Crippen molar-refractivity contribution in [2.45, 2.75) is 19.9 Å². The zero-order valence-electron chi connectivity index (χ0n) is 15.0. The lowest BCUT2D eigenvalue weighted by Gasteiger charge is -2.11. The minimum Gasteiger partial charge on any atom is -0.357 e. The molecule has 1 aromatic carbocycles. The van der Waals surface area contributed by atoms with Gasteiger partial charge in [0.25, 0.3) is 0 Å². The van der Waals surface area contributed by atoms with Gasteiger partial charge in [0, 0.05) is 30.0 Å². The molecule has 0 saturated heterocycles. The van der Waals surface area contributed by atoms with E-state index in [1.807, 2.05) is 35.9 Å². The summed E-state index contributed by atoms with van der Waals surface area (Å²) < 4.78 is 15.9. The second kappa shape index (κ2) is 10.6. The van der Waals surface area contributed by atoms with Crippen LogP contribution in [0.25, 0.3) is 5.65 Å². The van der Waals surface area contributed by atoms with E-state index in [1.165, 1.54) is 12.1 Å². The lowest BCUT2D eigenvalue weighted by atomic mass is 10.1. The lowest BCUT2D eigenvalue weighted by molar-refractivity contribution is 0.626. The maximum absolute atomic E-state index is 12.9. The first-order valence-corrected chi connectivity index (χ1v) is 9.33. The van der Waals surface area contributed by atoms with E-state index in [4.69, 9.17) is 0 Å². The van der Waals surface area contributed by atoms with Crippen LogP contribution in [0.4, 0.5) is 4.39 Å². The molecule has 0 unspecified atom stereocenters. The van der Waals surface area contributed by atoms with Crippen LogP contribution < -0.4 is 10.6 Å². The first-order valence-electron chi connectivity index (χ1n) is 8.54. The summed E-state index contributed by atoms with van der Waals surface area (Å²) in [5, 5.41) is 6.53. The number of guanidine groups is 1. The quantitative estimate of drug-likeness (QED) is 0.278. The summed E-state index contributed by atoms with van der Waals surface area (Å²) in [7, 11) is 0. The molecule has 0 saturated carbocycles. The lowest BCUT2D eigenvalue weighted by Crippen LogP contribution is -2.38. The van der Waals surface area contributed by atoms with Crippen molar-refractivity contribution >= 4 is 51.5 Å². The summed E-state index contributed by atoms with van der Waals surface area (Å²) >= 11 is 3.46. The monoisotopic (exact) mass is 545 g/mol. The topological polar surface area (TPSA) is 53.7 Å². The average molecular weight is 546 g/mol. The minimum absolute atomic E-state index is 0. The number of aromatic nitrogens is 2. The average Bonchev–Trinajstić information content (AvgIpc) is 3.03. The summed E-state index contributed by atoms with van der Waals surface area (Å²) in [5.74, 6) is 0.531. The van der Waals surface area contributed by atoms with Crippen molar-refractivity contribution in [1.29, 1.82) is 0 Å². The second-order valence-electron chi connectivity index (χ2n) is 5.84. The highest BCUT2D eigenvalue weighted by molar-refractivity contribution is 14.0. The Balaban J connectivity index is 0.00000261. The molecule has 0 atom stereocenters. The number of hydrogen-bond donors (Lipinski definition) is 2. The van der Waals surface area contributed by atoms with Crippen LogP contribution in [-0.2, 0) is 13.0 Å². The smallest absolute Gasteiger partial charge is 0.191 e. The normalized spacial score (nSPS) is 11.3. The van der Waals surface area contributed by atoms with Gasteiger partial charge in [-0.15, -0.1) is 24.0 Å². The molecule has 3 rings (SSSR count). The van der Waals surface area contributed by atoms with Crippen molar-refractivity contribution in [3.63, 3.8) is 0 Å². The Hall–Kier alpha value is -1.68. The van der Waals surface area contributed by atoms with E-state index in [0.29, 0.717) is 6.54 Å². The first-order chi connectivity index (χ1) is 12.6. The molecule has 0 bridgehead atoms. The van der Waals surface area contributed by atoms with Gasteiger partial charge >= 0.3 is 0 Å². The second-order valence-corrected chi connectivity index (χ2v) is 6.76. The van der Waals surface area contributed by atoms with Gasteiger partial charge in [0.1, 0.15) is 11.5 Å². The maximum Gasteiger partial charge on any atom is 0.191 e. The third-order valence-electron chi connectivity index (χ3n) is 3.83. The standard InChI is InChI=1S/C19H21BrFN5.HI/c1-2-22-19(23-10-9-14-3-6-16(21)7-4-14)24-11-17-13-26-12-15(20)5-8-18(26)25-17;/h3-8,12-13H,2,9-11H2,1H3,(H2,22,23,24);1H. The molecule has 0 amide bonds. The fourth-order valence-electron chi connectivity index (χ4n) is 2.57. The van der Waals surface area contributed by atoms with E-state index in [0.717, 1.165) is 46.8 Å². The maximum atomic E-state index is 12.9. The highest BCUT2D eigenvalue weighted by Crippen LogP contribution is 2.12. The number of imidazole rings is 1.